The molecule has 1 amide bonds. The number of halogens is 1. The highest BCUT2D eigenvalue weighted by molar-refractivity contribution is 6.47. The van der Waals surface area contributed by atoms with Gasteiger partial charge in [-0.15, -0.1) is 0 Å². The summed E-state index contributed by atoms with van der Waals surface area (Å²) in [4.78, 5) is 27.7. The third-order valence-corrected chi connectivity index (χ3v) is 5.77. The Bertz CT molecular complexity index is 1050. The predicted molar refractivity (Wildman–Crippen MR) is 129 cm³/mol. The van der Waals surface area contributed by atoms with Gasteiger partial charge in [0.05, 0.1) is 29.9 Å². The van der Waals surface area contributed by atoms with Crippen molar-refractivity contribution in [1.82, 2.24) is 4.90 Å². The van der Waals surface area contributed by atoms with E-state index in [1.165, 1.54) is 4.90 Å². The van der Waals surface area contributed by atoms with E-state index in [1.807, 2.05) is 45.0 Å². The van der Waals surface area contributed by atoms with Gasteiger partial charge in [0, 0.05) is 12.1 Å². The molecule has 1 saturated heterocycles. The van der Waals surface area contributed by atoms with Crippen LogP contribution in [0.25, 0.3) is 5.76 Å². The second-order valence-corrected chi connectivity index (χ2v) is 8.25. The van der Waals surface area contributed by atoms with Crippen LogP contribution in [0.5, 0.6) is 11.5 Å². The quantitative estimate of drug-likeness (QED) is 0.271. The van der Waals surface area contributed by atoms with Crippen LogP contribution >= 0.6 is 11.6 Å². The number of benzene rings is 2. The van der Waals surface area contributed by atoms with Crippen LogP contribution in [-0.2, 0) is 9.59 Å². The third-order valence-electron chi connectivity index (χ3n) is 5.44. The average molecular weight is 472 g/mol. The number of Topliss-reactive ketones (excluding diaryl/α,β-unsaturated/α-hetero) is 1. The average Bonchev–Trinajstić information content (AvgIpc) is 3.07. The molecular formula is C26H30ClNO5. The summed E-state index contributed by atoms with van der Waals surface area (Å²) in [6.45, 7) is 7.27. The van der Waals surface area contributed by atoms with Gasteiger partial charge >= 0.3 is 0 Å². The Morgan fingerprint density at radius 1 is 1.03 bits per heavy atom. The zero-order valence-electron chi connectivity index (χ0n) is 19.3. The summed E-state index contributed by atoms with van der Waals surface area (Å²) in [6, 6.07) is 11.4. The van der Waals surface area contributed by atoms with E-state index in [1.54, 1.807) is 18.2 Å². The molecule has 33 heavy (non-hydrogen) atoms. The minimum atomic E-state index is -0.742. The summed E-state index contributed by atoms with van der Waals surface area (Å²) in [7, 11) is 0. The topological polar surface area (TPSA) is 76.1 Å². The molecule has 0 aliphatic carbocycles. The minimum absolute atomic E-state index is 0.0132. The molecule has 0 saturated carbocycles. The normalized spacial score (nSPS) is 17.5. The van der Waals surface area contributed by atoms with Crippen LogP contribution in [0.3, 0.4) is 0 Å². The smallest absolute Gasteiger partial charge is 0.295 e. The van der Waals surface area contributed by atoms with E-state index in [-0.39, 0.29) is 21.9 Å². The largest absolute Gasteiger partial charge is 0.507 e. The van der Waals surface area contributed by atoms with Crippen LogP contribution in [-0.4, -0.2) is 41.5 Å². The lowest BCUT2D eigenvalue weighted by Gasteiger charge is -2.25. The van der Waals surface area contributed by atoms with Gasteiger partial charge in [-0.3, -0.25) is 9.59 Å². The summed E-state index contributed by atoms with van der Waals surface area (Å²) in [6.07, 6.45) is 2.45. The molecule has 6 nitrogen and oxygen atoms in total. The van der Waals surface area contributed by atoms with E-state index in [0.29, 0.717) is 36.8 Å². The lowest BCUT2D eigenvalue weighted by molar-refractivity contribution is -0.139. The van der Waals surface area contributed by atoms with Gasteiger partial charge in [0.2, 0.25) is 0 Å². The van der Waals surface area contributed by atoms with E-state index in [4.69, 9.17) is 21.1 Å². The van der Waals surface area contributed by atoms with Crippen molar-refractivity contribution >= 4 is 29.1 Å². The van der Waals surface area contributed by atoms with Crippen LogP contribution in [0, 0.1) is 0 Å². The van der Waals surface area contributed by atoms with Gasteiger partial charge in [0.15, 0.2) is 0 Å². The number of carbonyl (C=O) groups is 2. The number of ketones is 1. The number of hydrogen-bond donors (Lipinski definition) is 1. The number of unbranched alkanes of at least 4 members (excludes halogenated alkanes) is 1. The molecule has 0 spiro atoms. The molecule has 1 aliphatic heterocycles. The Morgan fingerprint density at radius 3 is 2.48 bits per heavy atom. The fraction of sp³-hybridized carbons (Fsp3) is 0.385. The SMILES string of the molecule is CCCCN1C(=O)C(=O)/C(=C(/O)c2cc(OCC)ccc2Cl)C1c1cccc(OCCC)c1. The van der Waals surface area contributed by atoms with Gasteiger partial charge in [-0.05, 0) is 55.7 Å². The van der Waals surface area contributed by atoms with Gasteiger partial charge in [0.25, 0.3) is 11.7 Å². The highest BCUT2D eigenvalue weighted by Gasteiger charge is 2.46. The van der Waals surface area contributed by atoms with Crippen molar-refractivity contribution in [2.24, 2.45) is 0 Å². The first-order valence-electron chi connectivity index (χ1n) is 11.4. The standard InChI is InChI=1S/C26H30ClNO5/c1-4-7-13-28-23(17-9-8-10-18(15-17)33-14-5-2)22(25(30)26(28)31)24(29)20-16-19(32-6-3)11-12-21(20)27/h8-12,15-16,23,29H,4-7,13-14H2,1-3H3/b24-22+. The van der Waals surface area contributed by atoms with Crippen molar-refractivity contribution < 1.29 is 24.2 Å². The highest BCUT2D eigenvalue weighted by atomic mass is 35.5. The molecule has 3 rings (SSSR count). The second-order valence-electron chi connectivity index (χ2n) is 7.84. The monoisotopic (exact) mass is 471 g/mol. The van der Waals surface area contributed by atoms with E-state index in [0.717, 1.165) is 19.3 Å². The Labute approximate surface area is 199 Å². The number of rotatable bonds is 10. The van der Waals surface area contributed by atoms with Gasteiger partial charge in [-0.1, -0.05) is 44.0 Å². The number of hydrogen-bond acceptors (Lipinski definition) is 5. The molecule has 1 aliphatic rings. The number of ether oxygens (including phenoxy) is 2. The molecular weight excluding hydrogens is 442 g/mol. The molecule has 1 fully saturated rings. The fourth-order valence-corrected chi connectivity index (χ4v) is 4.07. The minimum Gasteiger partial charge on any atom is -0.507 e. The van der Waals surface area contributed by atoms with E-state index >= 15 is 0 Å². The van der Waals surface area contributed by atoms with E-state index < -0.39 is 17.7 Å². The van der Waals surface area contributed by atoms with Crippen LogP contribution in [0.2, 0.25) is 5.02 Å². The van der Waals surface area contributed by atoms with Gasteiger partial charge in [-0.25, -0.2) is 0 Å². The summed E-state index contributed by atoms with van der Waals surface area (Å²) >= 11 is 6.37. The van der Waals surface area contributed by atoms with E-state index in [2.05, 4.69) is 0 Å². The van der Waals surface area contributed by atoms with Crippen molar-refractivity contribution in [2.45, 2.75) is 46.1 Å². The number of aliphatic hydroxyl groups excluding tert-OH is 1. The van der Waals surface area contributed by atoms with Crippen molar-refractivity contribution in [1.29, 1.82) is 0 Å². The molecule has 176 valence electrons. The molecule has 0 bridgehead atoms. The summed E-state index contributed by atoms with van der Waals surface area (Å²) < 4.78 is 11.3. The number of nitrogens with zero attached hydrogens (tertiary/aromatic N) is 1. The molecule has 1 N–H and O–H groups in total. The molecule has 0 aromatic heterocycles. The van der Waals surface area contributed by atoms with Gasteiger partial charge < -0.3 is 19.5 Å². The first kappa shape index (κ1) is 24.6. The van der Waals surface area contributed by atoms with Crippen LogP contribution < -0.4 is 9.47 Å². The Balaban J connectivity index is 2.16. The summed E-state index contributed by atoms with van der Waals surface area (Å²) in [5.41, 5.74) is 0.955. The maximum atomic E-state index is 13.1. The summed E-state index contributed by atoms with van der Waals surface area (Å²) in [5, 5.41) is 11.5. The van der Waals surface area contributed by atoms with Crippen LogP contribution in [0.1, 0.15) is 57.2 Å². The van der Waals surface area contributed by atoms with E-state index in [9.17, 15) is 14.7 Å². The lowest BCUT2D eigenvalue weighted by atomic mass is 9.95. The molecule has 0 radical (unpaired) electrons. The first-order valence-corrected chi connectivity index (χ1v) is 11.7. The zero-order valence-corrected chi connectivity index (χ0v) is 20.0. The number of likely N-dealkylation sites (tertiary alicyclic amines) is 1. The molecule has 2 aromatic carbocycles. The molecule has 1 atom stereocenters. The van der Waals surface area contributed by atoms with Crippen molar-refractivity contribution in [3.63, 3.8) is 0 Å². The maximum absolute atomic E-state index is 13.1. The van der Waals surface area contributed by atoms with Crippen LogP contribution in [0.15, 0.2) is 48.0 Å². The van der Waals surface area contributed by atoms with Crippen molar-refractivity contribution in [2.75, 3.05) is 19.8 Å². The highest BCUT2D eigenvalue weighted by Crippen LogP contribution is 2.42. The first-order chi connectivity index (χ1) is 15.9. The molecule has 1 heterocycles. The van der Waals surface area contributed by atoms with Crippen LogP contribution in [0.4, 0.5) is 0 Å². The zero-order chi connectivity index (χ0) is 24.0. The van der Waals surface area contributed by atoms with Crippen molar-refractivity contribution in [3.8, 4) is 11.5 Å². The second kappa shape index (κ2) is 11.2. The molecule has 1 unspecified atom stereocenters. The lowest BCUT2D eigenvalue weighted by Crippen LogP contribution is -2.30. The Kier molecular flexibility index (Phi) is 8.39. The summed E-state index contributed by atoms with van der Waals surface area (Å²) in [5.74, 6) is -0.524. The predicted octanol–water partition coefficient (Wildman–Crippen LogP) is 5.75. The number of carbonyl (C=O) groups excluding carboxylic acids is 2. The Morgan fingerprint density at radius 2 is 1.79 bits per heavy atom. The van der Waals surface area contributed by atoms with Gasteiger partial charge in [-0.2, -0.15) is 0 Å². The maximum Gasteiger partial charge on any atom is 0.295 e. The molecule has 2 aromatic rings. The molecule has 7 heteroatoms. The number of amides is 1. The number of aliphatic hydroxyl groups is 1. The fourth-order valence-electron chi connectivity index (χ4n) is 3.87. The van der Waals surface area contributed by atoms with Crippen molar-refractivity contribution in [3.05, 3.63) is 64.2 Å². The van der Waals surface area contributed by atoms with Gasteiger partial charge in [0.1, 0.15) is 17.3 Å². The Hall–Kier alpha value is -2.99. The third kappa shape index (κ3) is 5.33.